The maximum Gasteiger partial charge on any atom is 0.509 e. The average Bonchev–Trinajstić information content (AvgIpc) is 3.22. The molecule has 0 saturated heterocycles. The Labute approximate surface area is 381 Å². The second-order valence-electron chi connectivity index (χ2n) is 15.6. The van der Waals surface area contributed by atoms with Crippen molar-refractivity contribution in [3.8, 4) is 11.3 Å². The van der Waals surface area contributed by atoms with E-state index in [9.17, 15) is 19.2 Å². The van der Waals surface area contributed by atoms with Crippen LogP contribution in [0.15, 0.2) is 65.4 Å². The summed E-state index contributed by atoms with van der Waals surface area (Å²) in [5, 5.41) is 17.5. The quantitative estimate of drug-likeness (QED) is 0.0595. The van der Waals surface area contributed by atoms with Crippen molar-refractivity contribution in [2.75, 3.05) is 66.1 Å². The minimum atomic E-state index is -1.80. The van der Waals surface area contributed by atoms with Gasteiger partial charge in [-0.05, 0) is 70.9 Å². The number of anilines is 2. The number of nitrogens with two attached hydrogens (primary N) is 2. The van der Waals surface area contributed by atoms with Crippen LogP contribution in [0.25, 0.3) is 11.3 Å². The first kappa shape index (κ1) is 54.2. The van der Waals surface area contributed by atoms with Gasteiger partial charge >= 0.3 is 31.2 Å². The highest BCUT2D eigenvalue weighted by molar-refractivity contribution is 9.10. The molecule has 0 aliphatic rings. The second-order valence-corrected chi connectivity index (χ2v) is 16.5. The monoisotopic (exact) mass is 956 g/mol. The molecule has 0 unspecified atom stereocenters. The molecule has 2 aromatic carbocycles. The van der Waals surface area contributed by atoms with Crippen LogP contribution in [0, 0.1) is 0 Å². The number of nitrogens with zero attached hydrogens (tertiary/aromatic N) is 6. The van der Waals surface area contributed by atoms with Crippen LogP contribution in [-0.2, 0) is 41.6 Å². The number of aromatic nitrogens is 4. The average molecular weight is 958 g/mol. The van der Waals surface area contributed by atoms with E-state index in [1.807, 2.05) is 90.1 Å². The van der Waals surface area contributed by atoms with Crippen LogP contribution in [0.5, 0.6) is 0 Å². The van der Waals surface area contributed by atoms with Crippen molar-refractivity contribution < 1.29 is 57.6 Å². The molecule has 4 aromatic rings. The number of amides is 2. The van der Waals surface area contributed by atoms with Gasteiger partial charge in [-0.3, -0.25) is 0 Å². The van der Waals surface area contributed by atoms with Gasteiger partial charge in [-0.15, -0.1) is 0 Å². The minimum absolute atomic E-state index is 0.0131. The summed E-state index contributed by atoms with van der Waals surface area (Å²) in [7, 11) is 3.99. The molecule has 0 spiro atoms. The Kier molecular flexibility index (Phi) is 22.0. The summed E-state index contributed by atoms with van der Waals surface area (Å²) in [6.07, 6.45) is 1.84. The molecule has 0 aliphatic carbocycles. The minimum Gasteiger partial charge on any atom is -0.464 e. The normalized spacial score (nSPS) is 10.8. The zero-order valence-electron chi connectivity index (χ0n) is 37.8. The van der Waals surface area contributed by atoms with E-state index < -0.39 is 36.4 Å². The fourth-order valence-corrected chi connectivity index (χ4v) is 5.11. The third kappa shape index (κ3) is 20.1. The van der Waals surface area contributed by atoms with Gasteiger partial charge in [0.2, 0.25) is 0 Å². The van der Waals surface area contributed by atoms with Crippen molar-refractivity contribution in [1.29, 1.82) is 0 Å². The molecular formula is C42H58BBrN8O12. The van der Waals surface area contributed by atoms with E-state index in [2.05, 4.69) is 45.3 Å². The smallest absolute Gasteiger partial charge is 0.464 e. The van der Waals surface area contributed by atoms with Crippen LogP contribution >= 0.6 is 15.9 Å². The molecule has 20 nitrogen and oxygen atoms in total. The molecule has 0 fully saturated rings. The molecule has 2 heterocycles. The van der Waals surface area contributed by atoms with Gasteiger partial charge < -0.3 is 59.7 Å². The number of methoxy groups -OCH3 is 2. The van der Waals surface area contributed by atoms with E-state index in [-0.39, 0.29) is 34.7 Å². The Morgan fingerprint density at radius 2 is 1.16 bits per heavy atom. The highest BCUT2D eigenvalue weighted by Crippen LogP contribution is 2.21. The van der Waals surface area contributed by atoms with E-state index >= 15 is 0 Å². The molecule has 0 aliphatic heterocycles. The number of hydrogen-bond donors (Lipinski definition) is 4. The third-order valence-corrected chi connectivity index (χ3v) is 8.34. The van der Waals surface area contributed by atoms with Crippen LogP contribution in [-0.4, -0.2) is 137 Å². The zero-order chi connectivity index (χ0) is 48.2. The topological polar surface area (TPSA) is 274 Å². The summed E-state index contributed by atoms with van der Waals surface area (Å²) >= 11 is 3.42. The number of esters is 2. The van der Waals surface area contributed by atoms with Crippen molar-refractivity contribution in [2.45, 2.75) is 66.0 Å². The lowest BCUT2D eigenvalue weighted by atomic mass is 9.87. The molecule has 0 bridgehead atoms. The summed E-state index contributed by atoms with van der Waals surface area (Å²) in [6.45, 7) is 13.6. The van der Waals surface area contributed by atoms with Gasteiger partial charge in [0.1, 0.15) is 11.2 Å². The fraction of sp³-hybridized carbons (Fsp3) is 0.429. The molecule has 6 N–H and O–H groups in total. The van der Waals surface area contributed by atoms with Gasteiger partial charge in [0.25, 0.3) is 0 Å². The van der Waals surface area contributed by atoms with E-state index in [0.717, 1.165) is 34.5 Å². The number of carbonyl (C=O) groups excluding carboxylic acids is 4. The summed E-state index contributed by atoms with van der Waals surface area (Å²) in [4.78, 5) is 64.9. The largest absolute Gasteiger partial charge is 0.509 e. The van der Waals surface area contributed by atoms with E-state index in [4.69, 9.17) is 40.5 Å². The van der Waals surface area contributed by atoms with Gasteiger partial charge in [-0.1, -0.05) is 46.3 Å². The molecule has 2 amide bonds. The molecule has 22 heteroatoms. The third-order valence-electron chi connectivity index (χ3n) is 7.84. The Morgan fingerprint density at radius 3 is 1.61 bits per heavy atom. The number of nitrogen functional groups attached to an aromatic ring is 2. The number of halogens is 1. The van der Waals surface area contributed by atoms with E-state index in [0.29, 0.717) is 45.2 Å². The first-order chi connectivity index (χ1) is 29.9. The number of carbonyl (C=O) groups is 4. The van der Waals surface area contributed by atoms with Gasteiger partial charge in [-0.2, -0.15) is 0 Å². The number of benzene rings is 2. The Bertz CT molecular complexity index is 2150. The maximum absolute atomic E-state index is 11.9. The molecular weight excluding hydrogens is 899 g/mol. The van der Waals surface area contributed by atoms with Gasteiger partial charge in [-0.25, -0.2) is 39.1 Å². The van der Waals surface area contributed by atoms with Crippen LogP contribution in [0.3, 0.4) is 0 Å². The van der Waals surface area contributed by atoms with Crippen molar-refractivity contribution >= 4 is 64.4 Å². The second kappa shape index (κ2) is 26.0. The van der Waals surface area contributed by atoms with Gasteiger partial charge in [0.05, 0.1) is 58.1 Å². The van der Waals surface area contributed by atoms with Crippen LogP contribution in [0.4, 0.5) is 21.2 Å². The lowest BCUT2D eigenvalue weighted by Gasteiger charge is -2.24. The molecule has 0 saturated carbocycles. The molecule has 64 heavy (non-hydrogen) atoms. The molecule has 4 rings (SSSR count). The molecule has 2 aromatic heterocycles. The maximum atomic E-state index is 11.9. The van der Waals surface area contributed by atoms with E-state index in [1.165, 1.54) is 23.1 Å². The molecule has 0 radical (unpaired) electrons. The van der Waals surface area contributed by atoms with E-state index in [1.54, 1.807) is 14.1 Å². The zero-order valence-corrected chi connectivity index (χ0v) is 39.4. The Hall–Kier alpha value is -5.94. The predicted molar refractivity (Wildman–Crippen MR) is 242 cm³/mol. The van der Waals surface area contributed by atoms with Crippen molar-refractivity contribution in [1.82, 2.24) is 29.7 Å². The highest BCUT2D eigenvalue weighted by atomic mass is 79.9. The van der Waals surface area contributed by atoms with Crippen LogP contribution in [0.2, 0.25) is 0 Å². The lowest BCUT2D eigenvalue weighted by Crippen LogP contribution is -2.36. The number of rotatable bonds is 14. The molecule has 348 valence electrons. The van der Waals surface area contributed by atoms with Gasteiger partial charge in [0.15, 0.2) is 23.0 Å². The Balaban J connectivity index is 0.000000357. The summed E-state index contributed by atoms with van der Waals surface area (Å²) in [5.41, 5.74) is 12.9. The van der Waals surface area contributed by atoms with Gasteiger partial charge in [0, 0.05) is 43.4 Å². The van der Waals surface area contributed by atoms with Crippen molar-refractivity contribution in [2.24, 2.45) is 0 Å². The predicted octanol–water partition coefficient (Wildman–Crippen LogP) is 4.25. The summed E-state index contributed by atoms with van der Waals surface area (Å²) in [6, 6.07) is 15.5. The van der Waals surface area contributed by atoms with Crippen LogP contribution < -0.4 is 17.1 Å². The highest BCUT2D eigenvalue weighted by Gasteiger charge is 2.22. The number of ether oxygens (including phenoxy) is 6. The first-order valence-electron chi connectivity index (χ1n) is 19.6. The van der Waals surface area contributed by atoms with Crippen LogP contribution in [0.1, 0.15) is 73.6 Å². The standard InChI is InChI=1S/C21H28N4O5.C15H22BrNO3.C6H8BN3O4/c1-21(2,3)30-20(27)25(4)9-10-29-13-14-7-6-8-15(11-14)16-12-23-18(22)17(24-16)19(26)28-5;1-15(2,3)20-14(18)17(4)8-9-19-11-12-6-5-7-13(16)10-12;1-14-6(11)4-5(8)9-2-3(10-4)7(12)13/h6-8,11-12H,9-10,13H2,1-5H3,(H2,22,23);5-7,10H,8-9,11H2,1-4H3;2,12-13H,1H3,(H2,8,9). The van der Waals surface area contributed by atoms with Crippen molar-refractivity contribution in [3.63, 3.8) is 0 Å². The number of hydrogen-bond acceptors (Lipinski definition) is 18. The fourth-order valence-electron chi connectivity index (χ4n) is 4.66. The summed E-state index contributed by atoms with van der Waals surface area (Å²) in [5.74, 6) is -1.53. The number of likely N-dealkylation sites (N-methyl/N-ethyl adjacent to an activating group) is 2. The van der Waals surface area contributed by atoms with Crippen molar-refractivity contribution in [3.05, 3.63) is 87.9 Å². The summed E-state index contributed by atoms with van der Waals surface area (Å²) < 4.78 is 31.9. The SMILES string of the molecule is CN(CCOCc1cccc(Br)c1)C(=O)OC(C)(C)C.COC(=O)c1nc(-c2cccc(COCCN(C)C(=O)OC(C)(C)C)c2)cnc1N.COC(=O)c1nc(B(O)O)cnc1N. The lowest BCUT2D eigenvalue weighted by molar-refractivity contribution is 0.0213. The molecule has 0 atom stereocenters. The Morgan fingerprint density at radius 1 is 0.703 bits per heavy atom. The first-order valence-corrected chi connectivity index (χ1v) is 20.4.